The number of benzene rings is 2. The highest BCUT2D eigenvalue weighted by molar-refractivity contribution is 5.67. The van der Waals surface area contributed by atoms with Gasteiger partial charge in [-0.15, -0.1) is 0 Å². The number of carbonyl (C=O) groups is 1. The lowest BCUT2D eigenvalue weighted by Gasteiger charge is -2.31. The number of aliphatic hydroxyl groups excluding tert-OH is 1. The van der Waals surface area contributed by atoms with Crippen LogP contribution >= 0.6 is 0 Å². The van der Waals surface area contributed by atoms with Crippen LogP contribution in [0.2, 0.25) is 0 Å². The van der Waals surface area contributed by atoms with Crippen molar-refractivity contribution >= 4 is 5.97 Å². The lowest BCUT2D eigenvalue weighted by molar-refractivity contribution is -0.137. The van der Waals surface area contributed by atoms with E-state index in [1.807, 2.05) is 0 Å². The first-order valence-corrected chi connectivity index (χ1v) is 12.4. The van der Waals surface area contributed by atoms with Gasteiger partial charge in [-0.25, -0.2) is 0 Å². The minimum Gasteiger partial charge on any atom is -0.481 e. The van der Waals surface area contributed by atoms with Gasteiger partial charge in [0.1, 0.15) is 0 Å². The summed E-state index contributed by atoms with van der Waals surface area (Å²) < 4.78 is 45.2. The summed E-state index contributed by atoms with van der Waals surface area (Å²) in [7, 11) is 0. The molecule has 3 rings (SSSR count). The van der Waals surface area contributed by atoms with Crippen molar-refractivity contribution in [1.29, 1.82) is 0 Å². The maximum Gasteiger partial charge on any atom is 0.416 e. The van der Waals surface area contributed by atoms with Crippen molar-refractivity contribution in [1.82, 2.24) is 5.32 Å². The van der Waals surface area contributed by atoms with Crippen molar-refractivity contribution in [3.8, 4) is 0 Å². The Hall–Kier alpha value is -2.42. The molecule has 0 saturated heterocycles. The molecule has 0 spiro atoms. The van der Waals surface area contributed by atoms with Crippen molar-refractivity contribution in [2.24, 2.45) is 5.92 Å². The number of β-amino-alcohol motifs (C(OH)–C–C–N with tert-alkyl or cyclic N) is 1. The van der Waals surface area contributed by atoms with Gasteiger partial charge in [0.15, 0.2) is 0 Å². The number of carboxylic acids is 1. The highest BCUT2D eigenvalue weighted by Gasteiger charge is 2.32. The molecule has 1 aliphatic rings. The van der Waals surface area contributed by atoms with Gasteiger partial charge in [-0.1, -0.05) is 30.3 Å². The average Bonchev–Trinajstić information content (AvgIpc) is 3.20. The van der Waals surface area contributed by atoms with E-state index in [9.17, 15) is 23.1 Å². The summed E-state index contributed by atoms with van der Waals surface area (Å²) in [5, 5.41) is 22.9. The molecule has 2 aromatic rings. The lowest BCUT2D eigenvalue weighted by atomic mass is 9.88. The summed E-state index contributed by atoms with van der Waals surface area (Å²) in [4.78, 5) is 11.0. The Morgan fingerprint density at radius 3 is 2.36 bits per heavy atom. The summed E-state index contributed by atoms with van der Waals surface area (Å²) >= 11 is 0. The van der Waals surface area contributed by atoms with Gasteiger partial charge in [-0.2, -0.15) is 13.2 Å². The molecule has 0 bridgehead atoms. The van der Waals surface area contributed by atoms with Gasteiger partial charge < -0.3 is 20.3 Å². The zero-order valence-corrected chi connectivity index (χ0v) is 21.1. The minimum atomic E-state index is -4.52. The molecule has 2 aromatic carbocycles. The smallest absolute Gasteiger partial charge is 0.416 e. The van der Waals surface area contributed by atoms with Crippen LogP contribution < -0.4 is 5.32 Å². The van der Waals surface area contributed by atoms with E-state index in [0.29, 0.717) is 18.0 Å². The number of rotatable bonds is 12. The fourth-order valence-corrected chi connectivity index (χ4v) is 5.02. The fraction of sp³-hybridized carbons (Fsp3) is 0.536. The average molecular weight is 508 g/mol. The second-order valence-electron chi connectivity index (χ2n) is 10.4. The maximum absolute atomic E-state index is 13.1. The Morgan fingerprint density at radius 2 is 1.78 bits per heavy atom. The van der Waals surface area contributed by atoms with Gasteiger partial charge in [0.25, 0.3) is 0 Å². The molecular weight excluding hydrogens is 471 g/mol. The number of carboxylic acid groups (broad SMARTS) is 1. The maximum atomic E-state index is 13.1. The van der Waals surface area contributed by atoms with Gasteiger partial charge in [-0.3, -0.25) is 4.79 Å². The van der Waals surface area contributed by atoms with Gasteiger partial charge in [0.2, 0.25) is 0 Å². The number of fused-ring (bicyclic) bond motifs is 1. The van der Waals surface area contributed by atoms with Gasteiger partial charge in [0.05, 0.1) is 24.4 Å². The number of aliphatic hydroxyl groups is 1. The van der Waals surface area contributed by atoms with Crippen LogP contribution in [-0.2, 0) is 35.0 Å². The van der Waals surface area contributed by atoms with Gasteiger partial charge in [-0.05, 0) is 86.8 Å². The number of halogens is 3. The van der Waals surface area contributed by atoms with E-state index in [-0.39, 0.29) is 30.6 Å². The van der Waals surface area contributed by atoms with E-state index >= 15 is 0 Å². The molecule has 0 saturated carbocycles. The molecule has 0 amide bonds. The number of ether oxygens (including phenoxy) is 1. The Balaban J connectivity index is 1.51. The van der Waals surface area contributed by atoms with Crippen LogP contribution in [0.15, 0.2) is 42.5 Å². The molecule has 0 aliphatic heterocycles. The van der Waals surface area contributed by atoms with Crippen LogP contribution in [0.5, 0.6) is 0 Å². The summed E-state index contributed by atoms with van der Waals surface area (Å²) in [6.07, 6.45) is -3.16. The largest absolute Gasteiger partial charge is 0.481 e. The molecular formula is C28H36F3NO4. The third-order valence-corrected chi connectivity index (χ3v) is 6.81. The van der Waals surface area contributed by atoms with Crippen LogP contribution in [0.3, 0.4) is 0 Å². The lowest BCUT2D eigenvalue weighted by Crippen LogP contribution is -2.45. The first kappa shape index (κ1) is 28.2. The molecule has 36 heavy (non-hydrogen) atoms. The number of aryl methyl sites for hydroxylation is 1. The molecule has 0 fully saturated rings. The Labute approximate surface area is 210 Å². The molecule has 8 heteroatoms. The molecule has 198 valence electrons. The molecule has 0 radical (unpaired) electrons. The summed E-state index contributed by atoms with van der Waals surface area (Å²) in [5.41, 5.74) is 2.59. The summed E-state index contributed by atoms with van der Waals surface area (Å²) in [5.74, 6) is -0.542. The number of hydrogen-bond donors (Lipinski definition) is 3. The quantitative estimate of drug-likeness (QED) is 0.362. The van der Waals surface area contributed by atoms with Crippen LogP contribution in [0.1, 0.15) is 67.5 Å². The van der Waals surface area contributed by atoms with Crippen LogP contribution in [0.4, 0.5) is 13.2 Å². The van der Waals surface area contributed by atoms with Crippen molar-refractivity contribution in [2.45, 2.75) is 76.8 Å². The SMILES string of the molecule is C[C@@H](OC[C@H](O)CNC(C)(C)CC1Cc2ccccc2C1)c1ccc(C(F)(F)F)cc1CCC(=O)O. The Kier molecular flexibility index (Phi) is 9.19. The minimum absolute atomic E-state index is 0.00148. The second kappa shape index (κ2) is 11.8. The highest BCUT2D eigenvalue weighted by atomic mass is 19.4. The van der Waals surface area contributed by atoms with Crippen molar-refractivity contribution in [3.05, 3.63) is 70.3 Å². The number of hydrogen-bond acceptors (Lipinski definition) is 4. The first-order valence-electron chi connectivity index (χ1n) is 12.4. The third kappa shape index (κ3) is 8.05. The van der Waals surface area contributed by atoms with Gasteiger partial charge in [0, 0.05) is 18.5 Å². The molecule has 2 atom stereocenters. The van der Waals surface area contributed by atoms with E-state index in [4.69, 9.17) is 9.84 Å². The topological polar surface area (TPSA) is 78.8 Å². The van der Waals surface area contributed by atoms with E-state index in [0.717, 1.165) is 31.4 Å². The van der Waals surface area contributed by atoms with Crippen molar-refractivity contribution in [2.75, 3.05) is 13.2 Å². The summed E-state index contributed by atoms with van der Waals surface area (Å²) in [6, 6.07) is 11.8. The predicted octanol–water partition coefficient (Wildman–Crippen LogP) is 5.33. The van der Waals surface area contributed by atoms with E-state index in [1.54, 1.807) is 6.92 Å². The number of nitrogens with one attached hydrogen (secondary N) is 1. The zero-order chi connectivity index (χ0) is 26.5. The van der Waals surface area contributed by atoms with Gasteiger partial charge >= 0.3 is 12.1 Å². The van der Waals surface area contributed by atoms with Crippen LogP contribution in [0.25, 0.3) is 0 Å². The molecule has 5 nitrogen and oxygen atoms in total. The normalized spacial score (nSPS) is 16.1. The predicted molar refractivity (Wildman–Crippen MR) is 132 cm³/mol. The molecule has 0 unspecified atom stereocenters. The Morgan fingerprint density at radius 1 is 1.14 bits per heavy atom. The number of alkyl halides is 3. The van der Waals surface area contributed by atoms with E-state index in [2.05, 4.69) is 43.4 Å². The van der Waals surface area contributed by atoms with E-state index in [1.165, 1.54) is 17.2 Å². The van der Waals surface area contributed by atoms with Crippen LogP contribution in [-0.4, -0.2) is 41.0 Å². The molecule has 0 heterocycles. The summed E-state index contributed by atoms with van der Waals surface area (Å²) in [6.45, 7) is 6.23. The first-order chi connectivity index (χ1) is 16.8. The van der Waals surface area contributed by atoms with E-state index < -0.39 is 29.9 Å². The molecule has 3 N–H and O–H groups in total. The van der Waals surface area contributed by atoms with Crippen LogP contribution in [0, 0.1) is 5.92 Å². The zero-order valence-electron chi connectivity index (χ0n) is 21.1. The third-order valence-electron chi connectivity index (χ3n) is 6.81. The molecule has 1 aliphatic carbocycles. The second-order valence-corrected chi connectivity index (χ2v) is 10.4. The monoisotopic (exact) mass is 507 g/mol. The van der Waals surface area contributed by atoms with Crippen molar-refractivity contribution < 1.29 is 32.9 Å². The molecule has 0 aromatic heterocycles. The number of aliphatic carboxylic acids is 1. The highest BCUT2D eigenvalue weighted by Crippen LogP contribution is 2.34. The Bertz CT molecular complexity index is 1010. The standard InChI is InChI=1S/C28H36F3NO4/c1-18(25-10-9-23(28(29,30)31)14-22(25)8-11-26(34)35)36-17-24(33)16-32-27(2,3)15-19-12-20-6-4-5-7-21(20)13-19/h4-7,9-10,14,18-19,24,32-33H,8,11-13,15-17H2,1-3H3,(H,34,35)/t18-,24-/m1/s1. The fourth-order valence-electron chi connectivity index (χ4n) is 5.02. The van der Waals surface area contributed by atoms with Crippen molar-refractivity contribution in [3.63, 3.8) is 0 Å².